The Morgan fingerprint density at radius 3 is 1.13 bits per heavy atom. The molecule has 8 atom stereocenters. The Labute approximate surface area is 239 Å². The first-order valence-electron chi connectivity index (χ1n) is 12.9. The predicted octanol–water partition coefficient (Wildman–Crippen LogP) is -4.97. The van der Waals surface area contributed by atoms with E-state index in [1.54, 1.807) is 8.87 Å². The van der Waals surface area contributed by atoms with Crippen molar-refractivity contribution in [2.24, 2.45) is 0 Å². The zero-order valence-electron chi connectivity index (χ0n) is 23.1. The molecule has 0 radical (unpaired) electrons. The van der Waals surface area contributed by atoms with Crippen molar-refractivity contribution in [2.45, 2.75) is 123 Å². The van der Waals surface area contributed by atoms with E-state index in [4.69, 9.17) is 20.4 Å². The van der Waals surface area contributed by atoms with E-state index in [1.807, 2.05) is 0 Å². The topological polar surface area (TPSA) is 283 Å². The molecule has 0 aromatic rings. The molecule has 0 amide bonds. The van der Waals surface area contributed by atoms with Crippen LogP contribution in [-0.4, -0.2) is 145 Å². The third-order valence-corrected chi connectivity index (χ3v) is 10.0. The minimum atomic E-state index is -2.66. The van der Waals surface area contributed by atoms with Gasteiger partial charge < -0.3 is 70.9 Å². The van der Waals surface area contributed by atoms with E-state index in [2.05, 4.69) is 13.8 Å². The van der Waals surface area contributed by atoms with E-state index in [-0.39, 0.29) is 21.1 Å². The number of aliphatic hydroxyl groups is 10. The first-order chi connectivity index (χ1) is 18.0. The second-order valence-corrected chi connectivity index (χ2v) is 13.2. The van der Waals surface area contributed by atoms with Gasteiger partial charge in [-0.2, -0.15) is 0 Å². The Morgan fingerprint density at radius 2 is 0.949 bits per heavy atom. The van der Waals surface area contributed by atoms with Crippen molar-refractivity contribution in [3.63, 3.8) is 0 Å². The van der Waals surface area contributed by atoms with Crippen molar-refractivity contribution in [1.82, 2.24) is 0 Å². The summed E-state index contributed by atoms with van der Waals surface area (Å²) in [5, 5.41) is 112. The van der Waals surface area contributed by atoms with Crippen molar-refractivity contribution in [1.29, 1.82) is 0 Å². The summed E-state index contributed by atoms with van der Waals surface area (Å²) in [6, 6.07) is 0. The molecule has 0 aromatic carbocycles. The van der Waals surface area contributed by atoms with Gasteiger partial charge in [0, 0.05) is 0 Å². The maximum absolute atomic E-state index is 10.5. The zero-order valence-corrected chi connectivity index (χ0v) is 26.0. The van der Waals surface area contributed by atoms with Crippen LogP contribution in [0.1, 0.15) is 66.2 Å². The van der Waals surface area contributed by atoms with Gasteiger partial charge in [0.25, 0.3) is 0 Å². The molecule has 0 aromatic heterocycles. The van der Waals surface area contributed by atoms with E-state index in [1.165, 1.54) is 39.5 Å². The molecule has 15 heteroatoms. The SMILES string of the molecule is CCC(O)(C(=O)[O-])C(O)C(O)C(O)CO.CCC(O)(C(=O)[O-])C(O)C(O)C(O)CO.CCC[CH2][Sn+2][CH2]CCC. The molecule has 10 N–H and O–H groups in total. The molecule has 14 nitrogen and oxygen atoms in total. The minimum absolute atomic E-state index is 0.149. The van der Waals surface area contributed by atoms with Crippen molar-refractivity contribution < 1.29 is 70.9 Å². The third kappa shape index (κ3) is 15.2. The first-order valence-corrected chi connectivity index (χ1v) is 17.0. The monoisotopic (exact) mass is 680 g/mol. The fourth-order valence-corrected chi connectivity index (χ4v) is 7.04. The van der Waals surface area contributed by atoms with Crippen LogP contribution in [0.3, 0.4) is 0 Å². The molecule has 232 valence electrons. The molecular weight excluding hydrogens is 631 g/mol. The predicted molar refractivity (Wildman–Crippen MR) is 136 cm³/mol. The van der Waals surface area contributed by atoms with Gasteiger partial charge in [-0.3, -0.25) is 0 Å². The van der Waals surface area contributed by atoms with Crippen LogP contribution in [0.5, 0.6) is 0 Å². The average molecular weight is 679 g/mol. The fourth-order valence-electron chi connectivity index (χ4n) is 2.88. The van der Waals surface area contributed by atoms with Gasteiger partial charge in [0.2, 0.25) is 0 Å². The molecule has 0 bridgehead atoms. The van der Waals surface area contributed by atoms with Gasteiger partial charge >= 0.3 is 69.5 Å². The molecule has 8 unspecified atom stereocenters. The summed E-state index contributed by atoms with van der Waals surface area (Å²) >= 11 is 0.149. The molecule has 39 heavy (non-hydrogen) atoms. The average Bonchev–Trinajstić information content (AvgIpc) is 2.93. The normalized spacial score (nSPS) is 18.6. The molecule has 0 spiro atoms. The number of aliphatic hydroxyl groups excluding tert-OH is 8. The number of hydrogen-bond donors (Lipinski definition) is 10. The number of carboxylic acid groups (broad SMARTS) is 2. The summed E-state index contributed by atoms with van der Waals surface area (Å²) in [7, 11) is 0. The molecule has 0 heterocycles. The van der Waals surface area contributed by atoms with Crippen molar-refractivity contribution in [3.8, 4) is 0 Å². The van der Waals surface area contributed by atoms with E-state index in [0.29, 0.717) is 0 Å². The van der Waals surface area contributed by atoms with Crippen LogP contribution in [0.25, 0.3) is 0 Å². The number of rotatable bonds is 18. The van der Waals surface area contributed by atoms with Gasteiger partial charge in [0.05, 0.1) is 25.2 Å². The summed E-state index contributed by atoms with van der Waals surface area (Å²) in [5.74, 6) is -3.91. The number of carboxylic acids is 2. The third-order valence-electron chi connectivity index (χ3n) is 5.99. The number of carbonyl (C=O) groups is 2. The standard InChI is InChI=1S/2C8H16O7.2C4H9.Sn/c2*1-2-8(15,7(13)14)6(12)5(11)4(10)3-9;2*1-3-4-2;/h2*4-6,9-12,15H,2-3H2,1H3,(H,13,14);2*1,3-4H2,2H3;/q;;;;+2/p-2. The van der Waals surface area contributed by atoms with Crippen LogP contribution >= 0.6 is 0 Å². The summed E-state index contributed by atoms with van der Waals surface area (Å²) in [6.07, 6.45) is -6.70. The van der Waals surface area contributed by atoms with Crippen LogP contribution < -0.4 is 10.2 Å². The Hall–Kier alpha value is -0.661. The molecule has 0 fully saturated rings. The van der Waals surface area contributed by atoms with Crippen LogP contribution in [0.4, 0.5) is 0 Å². The second-order valence-electron chi connectivity index (χ2n) is 8.96. The van der Waals surface area contributed by atoms with Crippen LogP contribution in [0.15, 0.2) is 0 Å². The van der Waals surface area contributed by atoms with E-state index in [0.717, 1.165) is 0 Å². The Bertz CT molecular complexity index is 590. The van der Waals surface area contributed by atoms with Gasteiger partial charge in [0.1, 0.15) is 47.8 Å². The van der Waals surface area contributed by atoms with Gasteiger partial charge in [-0.1, -0.05) is 13.8 Å². The summed E-state index contributed by atoms with van der Waals surface area (Å²) in [6.45, 7) is 5.36. The van der Waals surface area contributed by atoms with Crippen LogP contribution in [0, 0.1) is 0 Å². The molecule has 0 rings (SSSR count). The van der Waals surface area contributed by atoms with Crippen molar-refractivity contribution in [2.75, 3.05) is 13.2 Å². The Balaban J connectivity index is -0.000000516. The summed E-state index contributed by atoms with van der Waals surface area (Å²) in [5.41, 5.74) is -5.31. The first kappa shape index (κ1) is 42.8. The van der Waals surface area contributed by atoms with Gasteiger partial charge in [-0.05, 0) is 12.8 Å². The molecule has 0 aliphatic carbocycles. The molecular formula is C24H48O14Sn. The maximum atomic E-state index is 10.5. The van der Waals surface area contributed by atoms with Crippen LogP contribution in [-0.2, 0) is 9.59 Å². The summed E-state index contributed by atoms with van der Waals surface area (Å²) < 4.78 is 3.25. The number of unbranched alkanes of at least 4 members (excludes halogenated alkanes) is 2. The molecule has 0 saturated carbocycles. The van der Waals surface area contributed by atoms with Crippen LogP contribution in [0.2, 0.25) is 8.87 Å². The fraction of sp³-hybridized carbons (Fsp3) is 0.917. The Kier molecular flexibility index (Phi) is 25.2. The number of carbonyl (C=O) groups excluding carboxylic acids is 2. The summed E-state index contributed by atoms with van der Waals surface area (Å²) in [4.78, 5) is 21.1. The van der Waals surface area contributed by atoms with Gasteiger partial charge in [-0.15, -0.1) is 0 Å². The quantitative estimate of drug-likeness (QED) is 0.0480. The Morgan fingerprint density at radius 1 is 0.667 bits per heavy atom. The van der Waals surface area contributed by atoms with E-state index >= 15 is 0 Å². The molecule has 0 aliphatic heterocycles. The number of aliphatic carboxylic acids is 2. The van der Waals surface area contributed by atoms with Gasteiger partial charge in [-0.25, -0.2) is 0 Å². The number of hydrogen-bond acceptors (Lipinski definition) is 14. The van der Waals surface area contributed by atoms with Crippen molar-refractivity contribution >= 4 is 33.1 Å². The second kappa shape index (κ2) is 23.0. The zero-order chi connectivity index (χ0) is 31.4. The molecule has 0 saturated heterocycles. The molecule has 0 aliphatic rings. The van der Waals surface area contributed by atoms with E-state index in [9.17, 15) is 50.4 Å². The van der Waals surface area contributed by atoms with Gasteiger partial charge in [0.15, 0.2) is 0 Å². The van der Waals surface area contributed by atoms with Crippen molar-refractivity contribution in [3.05, 3.63) is 0 Å². The van der Waals surface area contributed by atoms with E-state index < -0.39 is 85.8 Å².